The topological polar surface area (TPSA) is 167 Å². The Morgan fingerprint density at radius 2 is 1.61 bits per heavy atom. The molecule has 0 radical (unpaired) electrons. The fraction of sp³-hybridized carbons (Fsp3) is 0.488. The largest absolute Gasteiger partial charge is 0.370 e. The van der Waals surface area contributed by atoms with Crippen molar-refractivity contribution in [2.45, 2.75) is 71.3 Å². The molecule has 308 valence electrons. The Bertz CT molecular complexity index is 2470. The summed E-state index contributed by atoms with van der Waals surface area (Å²) in [4.78, 5) is 73.3. The second kappa shape index (κ2) is 16.0. The van der Waals surface area contributed by atoms with Crippen LogP contribution in [0.3, 0.4) is 0 Å². The van der Waals surface area contributed by atoms with Gasteiger partial charge in [0.2, 0.25) is 11.9 Å². The zero-order valence-electron chi connectivity index (χ0n) is 34.1. The number of piperidine rings is 1. The number of benzene rings is 1. The number of pyridine rings is 2. The van der Waals surface area contributed by atoms with Crippen LogP contribution in [0.4, 0.5) is 33.8 Å². The number of aromatic nitrogens is 6. The first-order valence-corrected chi connectivity index (χ1v) is 21.1. The van der Waals surface area contributed by atoms with E-state index in [9.17, 15) is 19.2 Å². The number of nitrogens with one attached hydrogen (secondary N) is 2. The van der Waals surface area contributed by atoms with Crippen LogP contribution < -0.4 is 30.9 Å². The monoisotopic (exact) mass is 800 g/mol. The molecule has 3 aliphatic heterocycles. The highest BCUT2D eigenvalue weighted by atomic mass is 16.2. The van der Waals surface area contributed by atoms with E-state index in [0.29, 0.717) is 41.3 Å². The molecule has 1 aromatic carbocycles. The molecule has 7 heterocycles. The van der Waals surface area contributed by atoms with Gasteiger partial charge in [-0.15, -0.1) is 0 Å². The molecule has 0 atom stereocenters. The van der Waals surface area contributed by atoms with Crippen LogP contribution in [0.25, 0.3) is 21.9 Å². The van der Waals surface area contributed by atoms with Crippen LogP contribution in [0.15, 0.2) is 47.5 Å². The zero-order chi connectivity index (χ0) is 40.8. The highest BCUT2D eigenvalue weighted by Crippen LogP contribution is 2.34. The molecule has 9 rings (SSSR count). The predicted octanol–water partition coefficient (Wildman–Crippen LogP) is 5.32. The summed E-state index contributed by atoms with van der Waals surface area (Å²) >= 11 is 0. The van der Waals surface area contributed by atoms with Crippen molar-refractivity contribution in [2.24, 2.45) is 13.0 Å². The molecule has 4 aliphatic rings. The van der Waals surface area contributed by atoms with Crippen molar-refractivity contribution in [1.82, 2.24) is 39.5 Å². The average Bonchev–Trinajstić information content (AvgIpc) is 3.88. The van der Waals surface area contributed by atoms with Gasteiger partial charge in [0.15, 0.2) is 11.6 Å². The van der Waals surface area contributed by atoms with Crippen LogP contribution in [-0.2, 0) is 11.8 Å². The van der Waals surface area contributed by atoms with Crippen molar-refractivity contribution < 1.29 is 14.4 Å². The number of ketones is 1. The third kappa shape index (κ3) is 7.61. The molecule has 0 bridgehead atoms. The number of anilines is 5. The zero-order valence-corrected chi connectivity index (χ0v) is 34.1. The number of imide groups is 1. The Labute approximate surface area is 342 Å². The van der Waals surface area contributed by atoms with Gasteiger partial charge >= 0.3 is 6.03 Å². The molecular formula is C43H52N12O4. The van der Waals surface area contributed by atoms with Gasteiger partial charge in [-0.3, -0.25) is 38.7 Å². The molecule has 16 heteroatoms. The normalized spacial score (nSPS) is 18.7. The van der Waals surface area contributed by atoms with Gasteiger partial charge in [0.25, 0.3) is 5.56 Å². The molecule has 2 N–H and O–H groups in total. The minimum Gasteiger partial charge on any atom is -0.370 e. The van der Waals surface area contributed by atoms with E-state index < -0.39 is 6.03 Å². The fourth-order valence-corrected chi connectivity index (χ4v) is 9.53. The number of aryl methyl sites for hydroxylation is 2. The van der Waals surface area contributed by atoms with Crippen LogP contribution in [0.5, 0.6) is 0 Å². The van der Waals surface area contributed by atoms with Gasteiger partial charge in [-0.25, -0.2) is 14.8 Å². The van der Waals surface area contributed by atoms with Crippen molar-refractivity contribution in [3.8, 4) is 0 Å². The van der Waals surface area contributed by atoms with Crippen LogP contribution >= 0.6 is 0 Å². The maximum atomic E-state index is 13.6. The summed E-state index contributed by atoms with van der Waals surface area (Å²) in [5, 5.41) is 11.9. The lowest BCUT2D eigenvalue weighted by Crippen LogP contribution is -2.49. The van der Waals surface area contributed by atoms with Crippen molar-refractivity contribution in [1.29, 1.82) is 0 Å². The van der Waals surface area contributed by atoms with E-state index in [1.54, 1.807) is 22.6 Å². The predicted molar refractivity (Wildman–Crippen MR) is 228 cm³/mol. The van der Waals surface area contributed by atoms with Gasteiger partial charge in [0.05, 0.1) is 23.0 Å². The second-order valence-corrected chi connectivity index (χ2v) is 16.6. The van der Waals surface area contributed by atoms with Crippen LogP contribution in [0.2, 0.25) is 0 Å². The molecule has 1 aliphatic carbocycles. The van der Waals surface area contributed by atoms with E-state index in [1.165, 1.54) is 13.3 Å². The molecule has 16 nitrogen and oxygen atoms in total. The summed E-state index contributed by atoms with van der Waals surface area (Å²) in [6, 6.07) is 9.97. The van der Waals surface area contributed by atoms with E-state index in [-0.39, 0.29) is 35.3 Å². The van der Waals surface area contributed by atoms with Crippen molar-refractivity contribution in [3.63, 3.8) is 0 Å². The first kappa shape index (κ1) is 38.6. The quantitative estimate of drug-likeness (QED) is 0.175. The first-order chi connectivity index (χ1) is 28.6. The number of Topliss-reactive ketones (excluding diaryl/α,β-unsaturated/α-hetero) is 1. The first-order valence-electron chi connectivity index (χ1n) is 21.1. The number of fused-ring (bicyclic) bond motifs is 2. The average molecular weight is 801 g/mol. The Morgan fingerprint density at radius 1 is 0.864 bits per heavy atom. The number of carbonyl (C=O) groups is 3. The number of carbonyl (C=O) groups excluding carboxylic acids is 3. The second-order valence-electron chi connectivity index (χ2n) is 16.6. The molecule has 4 aromatic heterocycles. The van der Waals surface area contributed by atoms with Crippen molar-refractivity contribution >= 4 is 68.6 Å². The molecule has 3 amide bonds. The lowest BCUT2D eigenvalue weighted by molar-refractivity contribution is -0.120. The third-order valence-electron chi connectivity index (χ3n) is 12.9. The maximum Gasteiger partial charge on any atom is 0.329 e. The SMILES string of the molecule is CC(=O)c1c(C)c2cnc(Nc3ccc(N4CCC(CCN5CCN(c6ccc7c(N8CCC(=O)NC8=O)nn(C)c7c6)CC5)CC4)cn3)nc2n(C2CCCC2)c1=O. The summed E-state index contributed by atoms with van der Waals surface area (Å²) in [6.07, 6.45) is 11.3. The lowest BCUT2D eigenvalue weighted by atomic mass is 9.93. The van der Waals surface area contributed by atoms with Gasteiger partial charge in [0.1, 0.15) is 11.5 Å². The standard InChI is InChI=1S/C43H52N12O4/c1-27-34-26-45-42(48-39(34)55(30-6-4-5-7-30)41(58)38(27)28(2)56)46-36-11-9-32(25-44-36)52-17-13-29(14-18-52)12-16-51-20-22-53(23-21-51)31-8-10-33-35(24-31)50(3)49-40(33)54-19-15-37(57)47-43(54)59/h8-11,24-26,29-30H,4-7,12-23H2,1-3H3,(H,47,57,59)(H,44,45,46,48). The molecule has 3 saturated heterocycles. The molecule has 0 unspecified atom stereocenters. The summed E-state index contributed by atoms with van der Waals surface area (Å²) in [6.45, 7) is 10.6. The van der Waals surface area contributed by atoms with Crippen molar-refractivity contribution in [2.75, 3.05) is 72.4 Å². The van der Waals surface area contributed by atoms with E-state index in [2.05, 4.69) is 53.6 Å². The number of rotatable bonds is 10. The smallest absolute Gasteiger partial charge is 0.329 e. The third-order valence-corrected chi connectivity index (χ3v) is 12.9. The number of amides is 3. The number of piperazine rings is 1. The molecule has 1 saturated carbocycles. The van der Waals surface area contributed by atoms with Gasteiger partial charge in [-0.2, -0.15) is 10.1 Å². The number of hydrogen-bond acceptors (Lipinski definition) is 12. The minimum atomic E-state index is -0.421. The Kier molecular flexibility index (Phi) is 10.5. The van der Waals surface area contributed by atoms with Gasteiger partial charge in [-0.05, 0) is 94.3 Å². The summed E-state index contributed by atoms with van der Waals surface area (Å²) < 4.78 is 3.55. The molecule has 0 spiro atoms. The highest BCUT2D eigenvalue weighted by molar-refractivity contribution is 6.09. The van der Waals surface area contributed by atoms with E-state index in [1.807, 2.05) is 30.1 Å². The minimum absolute atomic E-state index is 0.0235. The highest BCUT2D eigenvalue weighted by Gasteiger charge is 2.30. The Hall–Kier alpha value is -5.90. The fourth-order valence-electron chi connectivity index (χ4n) is 9.53. The Morgan fingerprint density at radius 3 is 2.32 bits per heavy atom. The summed E-state index contributed by atoms with van der Waals surface area (Å²) in [5.74, 6) is 1.79. The maximum absolute atomic E-state index is 13.6. The van der Waals surface area contributed by atoms with Gasteiger partial charge in [-0.1, -0.05) is 12.8 Å². The summed E-state index contributed by atoms with van der Waals surface area (Å²) in [5.41, 5.74) is 4.38. The van der Waals surface area contributed by atoms with E-state index in [0.717, 1.165) is 112 Å². The number of urea groups is 1. The number of nitrogens with zero attached hydrogens (tertiary/aromatic N) is 10. The van der Waals surface area contributed by atoms with Crippen molar-refractivity contribution in [3.05, 3.63) is 64.2 Å². The molecule has 4 fully saturated rings. The van der Waals surface area contributed by atoms with Gasteiger partial charge in [0, 0.05) is 88.0 Å². The van der Waals surface area contributed by atoms with Crippen LogP contribution in [-0.4, -0.2) is 104 Å². The lowest BCUT2D eigenvalue weighted by Gasteiger charge is -2.38. The van der Waals surface area contributed by atoms with E-state index in [4.69, 9.17) is 9.97 Å². The summed E-state index contributed by atoms with van der Waals surface area (Å²) in [7, 11) is 1.89. The van der Waals surface area contributed by atoms with Gasteiger partial charge < -0.3 is 15.1 Å². The molecular weight excluding hydrogens is 749 g/mol. The van der Waals surface area contributed by atoms with E-state index >= 15 is 0 Å². The van der Waals surface area contributed by atoms with Crippen LogP contribution in [0, 0.1) is 12.8 Å². The molecule has 59 heavy (non-hydrogen) atoms. The van der Waals surface area contributed by atoms with Crippen LogP contribution in [0.1, 0.15) is 80.3 Å². The number of hydrogen-bond donors (Lipinski definition) is 2. The Balaban J connectivity index is 0.758. The molecule has 5 aromatic rings.